The van der Waals surface area contributed by atoms with Crippen LogP contribution in [0, 0.1) is 11.8 Å². The first-order valence-corrected chi connectivity index (χ1v) is 6.72. The third-order valence-electron chi connectivity index (χ3n) is 4.74. The Morgan fingerprint density at radius 1 is 1.26 bits per heavy atom. The maximum absolute atomic E-state index is 15.1. The fraction of sp³-hybridized carbons (Fsp3) is 1.00. The van der Waals surface area contributed by atoms with Crippen molar-refractivity contribution in [3.8, 4) is 0 Å². The van der Waals surface area contributed by atoms with Gasteiger partial charge in [0.05, 0.1) is 0 Å². The second-order valence-electron chi connectivity index (χ2n) is 5.73. The molecule has 2 fully saturated rings. The average molecular weight is 284 g/mol. The second-order valence-corrected chi connectivity index (χ2v) is 5.73. The van der Waals surface area contributed by atoms with E-state index in [4.69, 9.17) is 9.47 Å². The number of hydrogen-bond donors (Lipinski definition) is 0. The zero-order valence-corrected chi connectivity index (χ0v) is 11.2. The van der Waals surface area contributed by atoms with E-state index in [9.17, 15) is 13.2 Å². The number of rotatable bonds is 5. The molecule has 0 aliphatic heterocycles. The van der Waals surface area contributed by atoms with E-state index >= 15 is 4.39 Å². The first kappa shape index (κ1) is 15.0. The standard InChI is InChI=1S/C13H20F4O2/c1-3-18-8-19-11(2,13(15,16)17)12(14)7-9-4-5-10(12)6-9/h9-10H,3-8H2,1-2H3. The first-order valence-electron chi connectivity index (χ1n) is 6.72. The van der Waals surface area contributed by atoms with Crippen molar-refractivity contribution in [2.45, 2.75) is 57.0 Å². The Bertz CT molecular complexity index is 333. The molecule has 0 spiro atoms. The molecule has 112 valence electrons. The molecular weight excluding hydrogens is 264 g/mol. The van der Waals surface area contributed by atoms with Gasteiger partial charge in [-0.3, -0.25) is 0 Å². The van der Waals surface area contributed by atoms with E-state index < -0.39 is 30.2 Å². The van der Waals surface area contributed by atoms with Gasteiger partial charge in [-0.25, -0.2) is 4.39 Å². The smallest absolute Gasteiger partial charge is 0.356 e. The fourth-order valence-electron chi connectivity index (χ4n) is 3.53. The molecule has 2 rings (SSSR count). The summed E-state index contributed by atoms with van der Waals surface area (Å²) < 4.78 is 64.7. The van der Waals surface area contributed by atoms with Gasteiger partial charge in [0.2, 0.25) is 0 Å². The maximum atomic E-state index is 15.1. The molecule has 0 aromatic rings. The van der Waals surface area contributed by atoms with Gasteiger partial charge in [-0.1, -0.05) is 0 Å². The zero-order chi connectivity index (χ0) is 14.3. The Balaban J connectivity index is 2.22. The van der Waals surface area contributed by atoms with E-state index in [2.05, 4.69) is 0 Å². The van der Waals surface area contributed by atoms with Crippen molar-refractivity contribution < 1.29 is 27.0 Å². The average Bonchev–Trinajstić information content (AvgIpc) is 2.87. The Labute approximate surface area is 110 Å². The van der Waals surface area contributed by atoms with Crippen molar-refractivity contribution in [3.63, 3.8) is 0 Å². The summed E-state index contributed by atoms with van der Waals surface area (Å²) >= 11 is 0. The van der Waals surface area contributed by atoms with E-state index in [1.807, 2.05) is 0 Å². The number of fused-ring (bicyclic) bond motifs is 2. The van der Waals surface area contributed by atoms with Crippen LogP contribution in [-0.4, -0.2) is 30.8 Å². The summed E-state index contributed by atoms with van der Waals surface area (Å²) in [5.41, 5.74) is -5.11. The molecule has 2 aliphatic rings. The van der Waals surface area contributed by atoms with Crippen LogP contribution in [0.15, 0.2) is 0 Å². The van der Waals surface area contributed by atoms with Gasteiger partial charge in [-0.2, -0.15) is 13.2 Å². The minimum Gasteiger partial charge on any atom is -0.356 e. The summed E-state index contributed by atoms with van der Waals surface area (Å²) in [6.07, 6.45) is -2.91. The first-order chi connectivity index (χ1) is 8.74. The Morgan fingerprint density at radius 3 is 2.37 bits per heavy atom. The molecule has 0 saturated heterocycles. The van der Waals surface area contributed by atoms with Crippen molar-refractivity contribution in [2.24, 2.45) is 11.8 Å². The topological polar surface area (TPSA) is 18.5 Å². The molecule has 4 unspecified atom stereocenters. The van der Waals surface area contributed by atoms with Crippen LogP contribution in [0.2, 0.25) is 0 Å². The van der Waals surface area contributed by atoms with E-state index in [1.54, 1.807) is 6.92 Å². The van der Waals surface area contributed by atoms with Crippen LogP contribution in [0.4, 0.5) is 17.6 Å². The Morgan fingerprint density at radius 2 is 1.95 bits per heavy atom. The molecule has 0 radical (unpaired) electrons. The summed E-state index contributed by atoms with van der Waals surface area (Å²) in [5, 5.41) is 0. The van der Waals surface area contributed by atoms with E-state index in [-0.39, 0.29) is 18.9 Å². The quantitative estimate of drug-likeness (QED) is 0.434. The number of hydrogen-bond acceptors (Lipinski definition) is 2. The van der Waals surface area contributed by atoms with E-state index in [0.717, 1.165) is 13.3 Å². The monoisotopic (exact) mass is 284 g/mol. The number of ether oxygens (including phenoxy) is 2. The molecule has 0 N–H and O–H groups in total. The van der Waals surface area contributed by atoms with Gasteiger partial charge in [0, 0.05) is 6.61 Å². The highest BCUT2D eigenvalue weighted by atomic mass is 19.4. The minimum atomic E-state index is -4.75. The normalized spacial score (nSPS) is 37.6. The van der Waals surface area contributed by atoms with Crippen LogP contribution in [0.25, 0.3) is 0 Å². The second kappa shape index (κ2) is 4.88. The highest BCUT2D eigenvalue weighted by Gasteiger charge is 2.72. The summed E-state index contributed by atoms with van der Waals surface area (Å²) in [6, 6.07) is 0. The predicted molar refractivity (Wildman–Crippen MR) is 61.3 cm³/mol. The zero-order valence-electron chi connectivity index (χ0n) is 11.2. The van der Waals surface area contributed by atoms with Gasteiger partial charge < -0.3 is 9.47 Å². The van der Waals surface area contributed by atoms with Crippen molar-refractivity contribution in [3.05, 3.63) is 0 Å². The molecule has 2 nitrogen and oxygen atoms in total. The van der Waals surface area contributed by atoms with Crippen molar-refractivity contribution in [1.29, 1.82) is 0 Å². The Hall–Kier alpha value is -0.360. The van der Waals surface area contributed by atoms with Crippen molar-refractivity contribution >= 4 is 0 Å². The van der Waals surface area contributed by atoms with Crippen LogP contribution >= 0.6 is 0 Å². The molecule has 0 heterocycles. The van der Waals surface area contributed by atoms with Crippen LogP contribution in [0.1, 0.15) is 39.5 Å². The SMILES string of the molecule is CCOCOC(C)(C(F)(F)F)C1(F)CC2CCC1C2. The molecule has 0 amide bonds. The lowest BCUT2D eigenvalue weighted by atomic mass is 9.73. The van der Waals surface area contributed by atoms with Gasteiger partial charge >= 0.3 is 6.18 Å². The Kier molecular flexibility index (Phi) is 3.86. The van der Waals surface area contributed by atoms with E-state index in [1.165, 1.54) is 0 Å². The number of halogens is 4. The molecule has 4 atom stereocenters. The van der Waals surface area contributed by atoms with Crippen LogP contribution < -0.4 is 0 Å². The molecule has 2 bridgehead atoms. The van der Waals surface area contributed by atoms with Gasteiger partial charge in [0.1, 0.15) is 6.79 Å². The summed E-state index contributed by atoms with van der Waals surface area (Å²) in [4.78, 5) is 0. The van der Waals surface area contributed by atoms with Crippen molar-refractivity contribution in [2.75, 3.05) is 13.4 Å². The van der Waals surface area contributed by atoms with Crippen LogP contribution in [-0.2, 0) is 9.47 Å². The lowest BCUT2D eigenvalue weighted by molar-refractivity contribution is -0.337. The molecular formula is C13H20F4O2. The molecule has 2 aliphatic carbocycles. The van der Waals surface area contributed by atoms with Gasteiger partial charge in [0.15, 0.2) is 11.3 Å². The third-order valence-corrected chi connectivity index (χ3v) is 4.74. The highest BCUT2D eigenvalue weighted by Crippen LogP contribution is 2.61. The fourth-order valence-corrected chi connectivity index (χ4v) is 3.53. The maximum Gasteiger partial charge on any atom is 0.420 e. The third kappa shape index (κ3) is 2.27. The van der Waals surface area contributed by atoms with Gasteiger partial charge in [-0.15, -0.1) is 0 Å². The minimum absolute atomic E-state index is 0.0558. The molecule has 0 aromatic heterocycles. The largest absolute Gasteiger partial charge is 0.420 e. The molecule has 19 heavy (non-hydrogen) atoms. The summed E-state index contributed by atoms with van der Waals surface area (Å²) in [6.45, 7) is 2.18. The molecule has 6 heteroatoms. The summed E-state index contributed by atoms with van der Waals surface area (Å²) in [7, 11) is 0. The number of alkyl halides is 4. The van der Waals surface area contributed by atoms with Crippen LogP contribution in [0.5, 0.6) is 0 Å². The summed E-state index contributed by atoms with van der Waals surface area (Å²) in [5.74, 6) is -0.488. The van der Waals surface area contributed by atoms with Crippen molar-refractivity contribution in [1.82, 2.24) is 0 Å². The lowest BCUT2D eigenvalue weighted by Crippen LogP contribution is -2.62. The predicted octanol–water partition coefficient (Wildman–Crippen LogP) is 3.85. The van der Waals surface area contributed by atoms with E-state index in [0.29, 0.717) is 12.8 Å². The molecule has 2 saturated carbocycles. The van der Waals surface area contributed by atoms with Crippen LogP contribution in [0.3, 0.4) is 0 Å². The highest BCUT2D eigenvalue weighted by molar-refractivity contribution is 5.14. The lowest BCUT2D eigenvalue weighted by Gasteiger charge is -2.45. The van der Waals surface area contributed by atoms with Gasteiger partial charge in [0.25, 0.3) is 0 Å². The van der Waals surface area contributed by atoms with Gasteiger partial charge in [-0.05, 0) is 51.4 Å². The molecule has 0 aromatic carbocycles.